The van der Waals surface area contributed by atoms with Crippen LogP contribution in [0.4, 0.5) is 13.2 Å². The predicted molar refractivity (Wildman–Crippen MR) is 58.5 cm³/mol. The summed E-state index contributed by atoms with van der Waals surface area (Å²) in [4.78, 5) is 10.6. The molecule has 2 N–H and O–H groups in total. The van der Waals surface area contributed by atoms with Crippen molar-refractivity contribution >= 4 is 16.0 Å². The molecular formula is C9H16F3NO4S. The highest BCUT2D eigenvalue weighted by Crippen LogP contribution is 2.31. The van der Waals surface area contributed by atoms with E-state index in [0.717, 1.165) is 0 Å². The topological polar surface area (TPSA) is 83.5 Å². The second-order valence-electron chi connectivity index (χ2n) is 4.53. The maximum atomic E-state index is 12.6. The molecule has 0 aromatic carbocycles. The van der Waals surface area contributed by atoms with Crippen molar-refractivity contribution in [3.05, 3.63) is 0 Å². The number of aliphatic carboxylic acids is 1. The van der Waals surface area contributed by atoms with E-state index in [-0.39, 0.29) is 19.3 Å². The van der Waals surface area contributed by atoms with Gasteiger partial charge in [0.05, 0.1) is 5.75 Å². The van der Waals surface area contributed by atoms with E-state index in [1.54, 1.807) is 13.8 Å². The van der Waals surface area contributed by atoms with Gasteiger partial charge in [0.2, 0.25) is 15.6 Å². The van der Waals surface area contributed by atoms with Crippen LogP contribution < -0.4 is 4.72 Å². The standard InChI is InChI=1S/C9H16F3NO4S/c1-6(2)4-5-18(16,17)13-8(3,7(14)15)9(10,11)12/h6,13H,4-5H2,1-3H3,(H,14,15). The van der Waals surface area contributed by atoms with E-state index >= 15 is 0 Å². The number of carbonyl (C=O) groups is 1. The van der Waals surface area contributed by atoms with Gasteiger partial charge < -0.3 is 5.11 Å². The molecule has 0 heterocycles. The van der Waals surface area contributed by atoms with Crippen LogP contribution in [0.15, 0.2) is 0 Å². The minimum atomic E-state index is -5.22. The SMILES string of the molecule is CC(C)CCS(=O)(=O)NC(C)(C(=O)O)C(F)(F)F. The molecule has 0 aromatic rings. The zero-order chi connectivity index (χ0) is 14.8. The summed E-state index contributed by atoms with van der Waals surface area (Å²) in [5.74, 6) is -2.87. The molecule has 0 fully saturated rings. The van der Waals surface area contributed by atoms with E-state index in [4.69, 9.17) is 5.11 Å². The number of nitrogens with one attached hydrogen (secondary N) is 1. The summed E-state index contributed by atoms with van der Waals surface area (Å²) in [6.07, 6.45) is -5.08. The highest BCUT2D eigenvalue weighted by atomic mass is 32.2. The second kappa shape index (κ2) is 5.43. The Hall–Kier alpha value is -0.830. The molecule has 1 unspecified atom stereocenters. The van der Waals surface area contributed by atoms with Gasteiger partial charge in [0.25, 0.3) is 0 Å². The minimum absolute atomic E-state index is 0.0245. The van der Waals surface area contributed by atoms with E-state index in [1.807, 2.05) is 0 Å². The fraction of sp³-hybridized carbons (Fsp3) is 0.889. The van der Waals surface area contributed by atoms with Gasteiger partial charge in [-0.05, 0) is 19.3 Å². The molecule has 9 heteroatoms. The van der Waals surface area contributed by atoms with Crippen molar-refractivity contribution in [3.63, 3.8) is 0 Å². The summed E-state index contributed by atoms with van der Waals surface area (Å²) in [5, 5.41) is 8.56. The van der Waals surface area contributed by atoms with E-state index < -0.39 is 33.5 Å². The third-order valence-corrected chi connectivity index (χ3v) is 3.81. The fourth-order valence-electron chi connectivity index (χ4n) is 0.976. The summed E-state index contributed by atoms with van der Waals surface area (Å²) in [6.45, 7) is 3.69. The lowest BCUT2D eigenvalue weighted by atomic mass is 10.0. The highest BCUT2D eigenvalue weighted by Gasteiger charge is 2.59. The Morgan fingerprint density at radius 1 is 1.33 bits per heavy atom. The summed E-state index contributed by atoms with van der Waals surface area (Å²) in [6, 6.07) is 0. The van der Waals surface area contributed by atoms with Crippen molar-refractivity contribution in [2.45, 2.75) is 38.9 Å². The summed E-state index contributed by atoms with van der Waals surface area (Å²) in [5.41, 5.74) is -3.51. The summed E-state index contributed by atoms with van der Waals surface area (Å²) < 4.78 is 61.8. The number of alkyl halides is 3. The molecule has 0 aliphatic rings. The molecule has 1 atom stereocenters. The van der Waals surface area contributed by atoms with Gasteiger partial charge in [0.15, 0.2) is 0 Å². The lowest BCUT2D eigenvalue weighted by molar-refractivity contribution is -0.201. The van der Waals surface area contributed by atoms with Crippen molar-refractivity contribution in [1.82, 2.24) is 4.72 Å². The van der Waals surface area contributed by atoms with Gasteiger partial charge in [-0.15, -0.1) is 0 Å². The van der Waals surface area contributed by atoms with E-state index in [2.05, 4.69) is 0 Å². The highest BCUT2D eigenvalue weighted by molar-refractivity contribution is 7.89. The molecular weight excluding hydrogens is 275 g/mol. The van der Waals surface area contributed by atoms with E-state index in [0.29, 0.717) is 0 Å². The van der Waals surface area contributed by atoms with Crippen LogP contribution in [0.5, 0.6) is 0 Å². The van der Waals surface area contributed by atoms with Crippen LogP contribution in [-0.2, 0) is 14.8 Å². The molecule has 0 aliphatic heterocycles. The smallest absolute Gasteiger partial charge is 0.418 e. The molecule has 0 aliphatic carbocycles. The molecule has 0 aromatic heterocycles. The van der Waals surface area contributed by atoms with Crippen LogP contribution in [0, 0.1) is 5.92 Å². The lowest BCUT2D eigenvalue weighted by Crippen LogP contribution is -2.62. The molecule has 5 nitrogen and oxygen atoms in total. The first kappa shape index (κ1) is 17.2. The minimum Gasteiger partial charge on any atom is -0.480 e. The van der Waals surface area contributed by atoms with Crippen LogP contribution in [0.1, 0.15) is 27.2 Å². The average molecular weight is 291 g/mol. The molecule has 0 spiro atoms. The normalized spacial score (nSPS) is 16.6. The lowest BCUT2D eigenvalue weighted by Gasteiger charge is -2.28. The Morgan fingerprint density at radius 2 is 1.78 bits per heavy atom. The summed E-state index contributed by atoms with van der Waals surface area (Å²) >= 11 is 0. The first-order valence-electron chi connectivity index (χ1n) is 5.13. The predicted octanol–water partition coefficient (Wildman–Crippen LogP) is 1.36. The number of carboxylic acids is 1. The van der Waals surface area contributed by atoms with E-state index in [1.165, 1.54) is 4.72 Å². The third-order valence-electron chi connectivity index (χ3n) is 2.32. The van der Waals surface area contributed by atoms with Crippen molar-refractivity contribution in [3.8, 4) is 0 Å². The van der Waals surface area contributed by atoms with Crippen LogP contribution in [-0.4, -0.2) is 37.0 Å². The van der Waals surface area contributed by atoms with Gasteiger partial charge >= 0.3 is 12.1 Å². The zero-order valence-corrected chi connectivity index (χ0v) is 11.0. The Labute approximate surface area is 103 Å². The van der Waals surface area contributed by atoms with Crippen molar-refractivity contribution in [1.29, 1.82) is 0 Å². The quantitative estimate of drug-likeness (QED) is 0.774. The Bertz CT molecular complexity index is 405. The van der Waals surface area contributed by atoms with Crippen molar-refractivity contribution in [2.24, 2.45) is 5.92 Å². The first-order valence-corrected chi connectivity index (χ1v) is 6.79. The van der Waals surface area contributed by atoms with E-state index in [9.17, 15) is 26.4 Å². The fourth-order valence-corrected chi connectivity index (χ4v) is 2.68. The maximum Gasteiger partial charge on any atom is 0.418 e. The second-order valence-corrected chi connectivity index (χ2v) is 6.37. The molecule has 0 rings (SSSR count). The number of rotatable bonds is 6. The van der Waals surface area contributed by atoms with Crippen LogP contribution in [0.3, 0.4) is 0 Å². The monoisotopic (exact) mass is 291 g/mol. The van der Waals surface area contributed by atoms with Crippen LogP contribution in [0.25, 0.3) is 0 Å². The Balaban J connectivity index is 5.08. The molecule has 18 heavy (non-hydrogen) atoms. The van der Waals surface area contributed by atoms with Crippen LogP contribution >= 0.6 is 0 Å². The zero-order valence-electron chi connectivity index (χ0n) is 10.2. The van der Waals surface area contributed by atoms with Crippen molar-refractivity contribution < 1.29 is 31.5 Å². The number of carboxylic acid groups (broad SMARTS) is 1. The van der Waals surface area contributed by atoms with Gasteiger partial charge in [0, 0.05) is 0 Å². The molecule has 108 valence electrons. The number of halogens is 3. The maximum absolute atomic E-state index is 12.6. The molecule has 0 saturated carbocycles. The van der Waals surface area contributed by atoms with Gasteiger partial charge in [-0.3, -0.25) is 0 Å². The van der Waals surface area contributed by atoms with Gasteiger partial charge in [0.1, 0.15) is 0 Å². The molecule has 0 saturated heterocycles. The van der Waals surface area contributed by atoms with Gasteiger partial charge in [-0.25, -0.2) is 13.2 Å². The number of hydrogen-bond donors (Lipinski definition) is 2. The Kier molecular flexibility index (Phi) is 5.18. The van der Waals surface area contributed by atoms with Gasteiger partial charge in [-0.2, -0.15) is 17.9 Å². The molecule has 0 radical (unpaired) electrons. The number of hydrogen-bond acceptors (Lipinski definition) is 3. The van der Waals surface area contributed by atoms with Crippen LogP contribution in [0.2, 0.25) is 0 Å². The average Bonchev–Trinajstić information content (AvgIpc) is 2.12. The first-order chi connectivity index (χ1) is 7.82. The molecule has 0 bridgehead atoms. The Morgan fingerprint density at radius 3 is 2.06 bits per heavy atom. The number of sulfonamides is 1. The molecule has 0 amide bonds. The summed E-state index contributed by atoms with van der Waals surface area (Å²) in [7, 11) is -4.31. The van der Waals surface area contributed by atoms with Gasteiger partial charge in [-0.1, -0.05) is 13.8 Å². The largest absolute Gasteiger partial charge is 0.480 e. The van der Waals surface area contributed by atoms with Crippen molar-refractivity contribution in [2.75, 3.05) is 5.75 Å². The third kappa shape index (κ3) is 4.45.